The van der Waals surface area contributed by atoms with Crippen molar-refractivity contribution in [2.24, 2.45) is 0 Å². The van der Waals surface area contributed by atoms with Crippen molar-refractivity contribution >= 4 is 29.1 Å². The number of rotatable bonds is 6. The van der Waals surface area contributed by atoms with Crippen LogP contribution in [-0.4, -0.2) is 24.2 Å². The van der Waals surface area contributed by atoms with Gasteiger partial charge in [-0.05, 0) is 44.5 Å². The van der Waals surface area contributed by atoms with Gasteiger partial charge in [0.15, 0.2) is 0 Å². The number of carbonyl (C=O) groups excluding carboxylic acids is 2. The van der Waals surface area contributed by atoms with Crippen LogP contribution in [0, 0.1) is 0 Å². The highest BCUT2D eigenvalue weighted by Crippen LogP contribution is 2.44. The molecule has 0 spiro atoms. The van der Waals surface area contributed by atoms with E-state index in [1.807, 2.05) is 87.5 Å². The second-order valence-corrected chi connectivity index (χ2v) is 9.36. The topological polar surface area (TPSA) is 77.1 Å². The molecule has 1 aliphatic rings. The van der Waals surface area contributed by atoms with Crippen LogP contribution in [0.15, 0.2) is 72.8 Å². The third kappa shape index (κ3) is 6.12. The quantitative estimate of drug-likeness (QED) is 0.419. The largest absolute Gasteiger partial charge is 0.487 e. The number of amides is 1. The zero-order valence-electron chi connectivity index (χ0n) is 20.4. The van der Waals surface area contributed by atoms with Crippen molar-refractivity contribution in [1.29, 1.82) is 0 Å². The van der Waals surface area contributed by atoms with Crippen LogP contribution in [0.1, 0.15) is 44.9 Å². The lowest BCUT2D eigenvalue weighted by Crippen LogP contribution is -2.36. The van der Waals surface area contributed by atoms with E-state index in [9.17, 15) is 9.59 Å². The van der Waals surface area contributed by atoms with E-state index in [2.05, 4.69) is 5.32 Å². The number of nitrogens with one attached hydrogen (secondary N) is 1. The van der Waals surface area contributed by atoms with E-state index in [0.29, 0.717) is 29.3 Å². The molecule has 182 valence electrons. The molecule has 0 bridgehead atoms. The van der Waals surface area contributed by atoms with Gasteiger partial charge in [-0.15, -0.1) is 0 Å². The zero-order valence-corrected chi connectivity index (χ0v) is 20.4. The first-order valence-electron chi connectivity index (χ1n) is 11.5. The minimum atomic E-state index is -0.668. The summed E-state index contributed by atoms with van der Waals surface area (Å²) in [7, 11) is 0. The van der Waals surface area contributed by atoms with Crippen LogP contribution < -0.4 is 15.0 Å². The Kier molecular flexibility index (Phi) is 6.96. The van der Waals surface area contributed by atoms with Crippen molar-refractivity contribution in [3.05, 3.63) is 83.9 Å². The second kappa shape index (κ2) is 10.1. The van der Waals surface area contributed by atoms with Crippen LogP contribution in [0.3, 0.4) is 0 Å². The molecular weight excluding hydrogens is 444 g/mol. The summed E-state index contributed by atoms with van der Waals surface area (Å²) < 4.78 is 17.4. The molecule has 4 rings (SSSR count). The van der Waals surface area contributed by atoms with Gasteiger partial charge in [-0.25, -0.2) is 4.79 Å². The standard InChI is InChI=1S/C28H30N2O5/c1-19(31)34-26-17-30(27(32)35-28(2,3)4)24-16-25(33-18-20-11-7-5-8-12-20)23(15-22(24)26)29-21-13-9-6-10-14-21/h5-16,26,29H,17-18H2,1-4H3. The summed E-state index contributed by atoms with van der Waals surface area (Å²) in [6, 6.07) is 23.2. The smallest absolute Gasteiger partial charge is 0.414 e. The Bertz CT molecular complexity index is 1190. The average molecular weight is 475 g/mol. The number of esters is 1. The Hall–Kier alpha value is -4.00. The summed E-state index contributed by atoms with van der Waals surface area (Å²) in [5.74, 6) is 0.141. The van der Waals surface area contributed by atoms with E-state index < -0.39 is 23.8 Å². The maximum atomic E-state index is 13.0. The molecule has 0 aromatic heterocycles. The molecule has 1 amide bonds. The number of anilines is 3. The molecule has 0 saturated carbocycles. The predicted octanol–water partition coefficient (Wildman–Crippen LogP) is 6.37. The summed E-state index contributed by atoms with van der Waals surface area (Å²) in [5.41, 5.74) is 3.22. The van der Waals surface area contributed by atoms with Crippen LogP contribution in [0.4, 0.5) is 21.9 Å². The zero-order chi connectivity index (χ0) is 25.0. The molecule has 3 aromatic carbocycles. The van der Waals surface area contributed by atoms with E-state index in [0.717, 1.165) is 11.3 Å². The van der Waals surface area contributed by atoms with Crippen LogP contribution in [0.2, 0.25) is 0 Å². The highest BCUT2D eigenvalue weighted by Gasteiger charge is 2.38. The van der Waals surface area contributed by atoms with Crippen molar-refractivity contribution in [3.63, 3.8) is 0 Å². The first-order valence-corrected chi connectivity index (χ1v) is 11.5. The second-order valence-electron chi connectivity index (χ2n) is 9.36. The van der Waals surface area contributed by atoms with Gasteiger partial charge in [0.25, 0.3) is 0 Å². The van der Waals surface area contributed by atoms with Gasteiger partial charge in [0.1, 0.15) is 24.1 Å². The molecule has 35 heavy (non-hydrogen) atoms. The number of ether oxygens (including phenoxy) is 3. The summed E-state index contributed by atoms with van der Waals surface area (Å²) in [6.45, 7) is 7.31. The summed E-state index contributed by atoms with van der Waals surface area (Å²) in [6.07, 6.45) is -1.12. The lowest BCUT2D eigenvalue weighted by atomic mass is 10.1. The van der Waals surface area contributed by atoms with E-state index in [-0.39, 0.29) is 6.54 Å². The molecule has 1 N–H and O–H groups in total. The van der Waals surface area contributed by atoms with Crippen molar-refractivity contribution in [1.82, 2.24) is 0 Å². The molecule has 1 aliphatic heterocycles. The highest BCUT2D eigenvalue weighted by atomic mass is 16.6. The monoisotopic (exact) mass is 474 g/mol. The Balaban J connectivity index is 1.74. The Morgan fingerprint density at radius 3 is 2.29 bits per heavy atom. The fourth-order valence-electron chi connectivity index (χ4n) is 3.86. The van der Waals surface area contributed by atoms with E-state index >= 15 is 0 Å². The van der Waals surface area contributed by atoms with Gasteiger partial charge >= 0.3 is 12.1 Å². The third-order valence-electron chi connectivity index (χ3n) is 5.33. The van der Waals surface area contributed by atoms with Gasteiger partial charge in [-0.3, -0.25) is 9.69 Å². The maximum absolute atomic E-state index is 13.0. The minimum Gasteiger partial charge on any atom is -0.487 e. The summed E-state index contributed by atoms with van der Waals surface area (Å²) in [4.78, 5) is 26.3. The van der Waals surface area contributed by atoms with Gasteiger partial charge in [0.05, 0.1) is 17.9 Å². The number of nitrogens with zero attached hydrogens (tertiary/aromatic N) is 1. The molecule has 3 aromatic rings. The van der Waals surface area contributed by atoms with Gasteiger partial charge in [-0.1, -0.05) is 48.5 Å². The van der Waals surface area contributed by atoms with Crippen molar-refractivity contribution in [3.8, 4) is 5.75 Å². The first kappa shape index (κ1) is 24.1. The fourth-order valence-corrected chi connectivity index (χ4v) is 3.86. The molecule has 1 unspecified atom stereocenters. The van der Waals surface area contributed by atoms with Crippen molar-refractivity contribution < 1.29 is 23.8 Å². The lowest BCUT2D eigenvalue weighted by Gasteiger charge is -2.25. The van der Waals surface area contributed by atoms with E-state index in [1.165, 1.54) is 11.8 Å². The number of hydrogen-bond donors (Lipinski definition) is 1. The van der Waals surface area contributed by atoms with Gasteiger partial charge in [-0.2, -0.15) is 0 Å². The molecule has 7 nitrogen and oxygen atoms in total. The molecular formula is C28H30N2O5. The predicted molar refractivity (Wildman–Crippen MR) is 135 cm³/mol. The fraction of sp³-hybridized carbons (Fsp3) is 0.286. The molecule has 0 saturated heterocycles. The molecule has 1 atom stereocenters. The Labute approximate surface area is 205 Å². The van der Waals surface area contributed by atoms with Crippen molar-refractivity contribution in [2.45, 2.75) is 46.0 Å². The van der Waals surface area contributed by atoms with E-state index in [1.54, 1.807) is 6.07 Å². The van der Waals surface area contributed by atoms with Crippen LogP contribution in [0.5, 0.6) is 5.75 Å². The van der Waals surface area contributed by atoms with Gasteiger partial charge < -0.3 is 19.5 Å². The number of carbonyl (C=O) groups is 2. The Morgan fingerprint density at radius 2 is 1.66 bits per heavy atom. The summed E-state index contributed by atoms with van der Waals surface area (Å²) >= 11 is 0. The van der Waals surface area contributed by atoms with Gasteiger partial charge in [0.2, 0.25) is 0 Å². The molecule has 7 heteroatoms. The molecule has 0 aliphatic carbocycles. The number of para-hydroxylation sites is 1. The van der Waals surface area contributed by atoms with Crippen LogP contribution in [-0.2, 0) is 20.9 Å². The number of benzene rings is 3. The molecule has 0 fully saturated rings. The maximum Gasteiger partial charge on any atom is 0.414 e. The molecule has 0 radical (unpaired) electrons. The van der Waals surface area contributed by atoms with Crippen LogP contribution in [0.25, 0.3) is 0 Å². The Morgan fingerprint density at radius 1 is 1.00 bits per heavy atom. The number of hydrogen-bond acceptors (Lipinski definition) is 6. The van der Waals surface area contributed by atoms with Crippen LogP contribution >= 0.6 is 0 Å². The lowest BCUT2D eigenvalue weighted by molar-refractivity contribution is -0.145. The third-order valence-corrected chi connectivity index (χ3v) is 5.33. The SMILES string of the molecule is CC(=O)OC1CN(C(=O)OC(C)(C)C)c2cc(OCc3ccccc3)c(Nc3ccccc3)cc21. The first-order chi connectivity index (χ1) is 16.7. The van der Waals surface area contributed by atoms with Crippen molar-refractivity contribution in [2.75, 3.05) is 16.8 Å². The normalized spacial score (nSPS) is 14.7. The van der Waals surface area contributed by atoms with E-state index in [4.69, 9.17) is 14.2 Å². The summed E-state index contributed by atoms with van der Waals surface area (Å²) in [5, 5.41) is 3.39. The molecule has 1 heterocycles. The van der Waals surface area contributed by atoms with Gasteiger partial charge in [0, 0.05) is 24.2 Å². The number of fused-ring (bicyclic) bond motifs is 1. The minimum absolute atomic E-state index is 0.163. The average Bonchev–Trinajstić information content (AvgIpc) is 3.14. The highest BCUT2D eigenvalue weighted by molar-refractivity contribution is 5.93.